The summed E-state index contributed by atoms with van der Waals surface area (Å²) in [5.74, 6) is -0.228. The van der Waals surface area contributed by atoms with Crippen molar-refractivity contribution in [1.29, 1.82) is 0 Å². The number of carbonyl (C=O) groups excluding carboxylic acids is 3. The van der Waals surface area contributed by atoms with Crippen molar-refractivity contribution in [2.24, 2.45) is 5.10 Å². The molecule has 3 aromatic carbocycles. The summed E-state index contributed by atoms with van der Waals surface area (Å²) in [6, 6.07) is 17.8. The molecule has 0 bridgehead atoms. The van der Waals surface area contributed by atoms with Crippen LogP contribution in [0.2, 0.25) is 5.02 Å². The van der Waals surface area contributed by atoms with Crippen LogP contribution in [-0.4, -0.2) is 43.8 Å². The van der Waals surface area contributed by atoms with Crippen molar-refractivity contribution in [3.63, 3.8) is 0 Å². The molecule has 2 amide bonds. The van der Waals surface area contributed by atoms with Crippen LogP contribution in [0.25, 0.3) is 0 Å². The zero-order chi connectivity index (χ0) is 26.6. The SMILES string of the molecule is CCOc1ccc(C(=O)NCC(=O)N/N=C/c2ccc(OC(=O)c3ccc(Cl)cc3)c(OCC)c2)cc1. The first-order chi connectivity index (χ1) is 17.9. The van der Waals surface area contributed by atoms with E-state index in [1.54, 1.807) is 73.7 Å². The lowest BCUT2D eigenvalue weighted by molar-refractivity contribution is -0.120. The summed E-state index contributed by atoms with van der Waals surface area (Å²) in [5.41, 5.74) is 3.68. The first-order valence-corrected chi connectivity index (χ1v) is 11.8. The van der Waals surface area contributed by atoms with Crippen LogP contribution in [0.3, 0.4) is 0 Å². The van der Waals surface area contributed by atoms with Crippen molar-refractivity contribution in [1.82, 2.24) is 10.7 Å². The standard InChI is InChI=1S/C27H26ClN3O6/c1-3-35-22-12-8-19(9-13-22)26(33)29-17-25(32)31-30-16-18-5-14-23(24(15-18)36-4-2)37-27(34)20-6-10-21(28)11-7-20/h5-16H,3-4,17H2,1-2H3,(H,29,33)(H,31,32)/b30-16+. The summed E-state index contributed by atoms with van der Waals surface area (Å²) in [5, 5.41) is 6.94. The topological polar surface area (TPSA) is 115 Å². The molecule has 0 heterocycles. The second-order valence-corrected chi connectivity index (χ2v) is 7.91. The highest BCUT2D eigenvalue weighted by atomic mass is 35.5. The van der Waals surface area contributed by atoms with E-state index in [1.807, 2.05) is 6.92 Å². The molecule has 0 radical (unpaired) electrons. The van der Waals surface area contributed by atoms with Crippen molar-refractivity contribution in [2.75, 3.05) is 19.8 Å². The molecule has 3 aromatic rings. The van der Waals surface area contributed by atoms with Crippen LogP contribution >= 0.6 is 11.6 Å². The van der Waals surface area contributed by atoms with E-state index in [2.05, 4.69) is 15.8 Å². The van der Waals surface area contributed by atoms with Crippen molar-refractivity contribution in [3.8, 4) is 17.2 Å². The van der Waals surface area contributed by atoms with Crippen LogP contribution in [0.4, 0.5) is 0 Å². The predicted octanol–water partition coefficient (Wildman–Crippen LogP) is 4.24. The second kappa shape index (κ2) is 13.6. The van der Waals surface area contributed by atoms with Gasteiger partial charge in [-0.15, -0.1) is 0 Å². The number of nitrogens with zero attached hydrogens (tertiary/aromatic N) is 1. The van der Waals surface area contributed by atoms with Crippen LogP contribution in [0.1, 0.15) is 40.1 Å². The Balaban J connectivity index is 1.54. The number of esters is 1. The second-order valence-electron chi connectivity index (χ2n) is 7.47. The van der Waals surface area contributed by atoms with Crippen LogP contribution in [0.15, 0.2) is 71.8 Å². The third-order valence-corrected chi connectivity index (χ3v) is 5.04. The molecular formula is C27H26ClN3O6. The summed E-state index contributed by atoms with van der Waals surface area (Å²) in [6.45, 7) is 4.29. The smallest absolute Gasteiger partial charge is 0.343 e. The van der Waals surface area contributed by atoms with Crippen molar-refractivity contribution >= 4 is 35.6 Å². The molecule has 0 aromatic heterocycles. The zero-order valence-corrected chi connectivity index (χ0v) is 21.1. The quantitative estimate of drug-likeness (QED) is 0.168. The number of rotatable bonds is 11. The van der Waals surface area contributed by atoms with Gasteiger partial charge in [0.15, 0.2) is 11.5 Å². The van der Waals surface area contributed by atoms with Crippen molar-refractivity contribution < 1.29 is 28.6 Å². The minimum absolute atomic E-state index is 0.236. The van der Waals surface area contributed by atoms with Gasteiger partial charge in [0.25, 0.3) is 11.8 Å². The van der Waals surface area contributed by atoms with E-state index < -0.39 is 17.8 Å². The summed E-state index contributed by atoms with van der Waals surface area (Å²) in [6.07, 6.45) is 1.40. The fourth-order valence-corrected chi connectivity index (χ4v) is 3.18. The third-order valence-electron chi connectivity index (χ3n) is 4.79. The molecule has 0 fully saturated rings. The van der Waals surface area contributed by atoms with Gasteiger partial charge in [0.05, 0.1) is 31.5 Å². The number of hydrogen-bond donors (Lipinski definition) is 2. The van der Waals surface area contributed by atoms with Crippen molar-refractivity contribution in [3.05, 3.63) is 88.4 Å². The third kappa shape index (κ3) is 8.36. The number of ether oxygens (including phenoxy) is 3. The van der Waals surface area contributed by atoms with Crippen LogP contribution in [0.5, 0.6) is 17.2 Å². The lowest BCUT2D eigenvalue weighted by Gasteiger charge is -2.11. The summed E-state index contributed by atoms with van der Waals surface area (Å²) in [4.78, 5) is 36.7. The number of hydrogen-bond acceptors (Lipinski definition) is 7. The van der Waals surface area contributed by atoms with Gasteiger partial charge in [-0.2, -0.15) is 5.10 Å². The molecule has 0 spiro atoms. The van der Waals surface area contributed by atoms with Gasteiger partial charge in [0, 0.05) is 10.6 Å². The van der Waals surface area contributed by atoms with Gasteiger partial charge >= 0.3 is 5.97 Å². The highest BCUT2D eigenvalue weighted by Gasteiger charge is 2.13. The number of halogens is 1. The minimum Gasteiger partial charge on any atom is -0.494 e. The Kier molecular flexibility index (Phi) is 10.0. The monoisotopic (exact) mass is 523 g/mol. The fraction of sp³-hybridized carbons (Fsp3) is 0.185. The number of hydrazone groups is 1. The maximum absolute atomic E-state index is 12.4. The number of carbonyl (C=O) groups is 3. The minimum atomic E-state index is -0.557. The first kappa shape index (κ1) is 27.2. The molecule has 0 aliphatic rings. The number of nitrogens with one attached hydrogen (secondary N) is 2. The number of benzene rings is 3. The molecule has 2 N–H and O–H groups in total. The Bertz CT molecular complexity index is 1260. The van der Waals surface area contributed by atoms with Crippen LogP contribution in [0, 0.1) is 0 Å². The van der Waals surface area contributed by atoms with Crippen LogP contribution < -0.4 is 25.0 Å². The normalized spacial score (nSPS) is 10.6. The Labute approximate surface area is 219 Å². The van der Waals surface area contributed by atoms with Gasteiger partial charge in [-0.05, 0) is 86.1 Å². The summed E-state index contributed by atoms with van der Waals surface area (Å²) >= 11 is 5.86. The zero-order valence-electron chi connectivity index (χ0n) is 20.3. The van der Waals surface area contributed by atoms with E-state index in [-0.39, 0.29) is 12.3 Å². The van der Waals surface area contributed by atoms with Crippen LogP contribution in [-0.2, 0) is 4.79 Å². The van der Waals surface area contributed by atoms with Crippen molar-refractivity contribution in [2.45, 2.75) is 13.8 Å². The fourth-order valence-electron chi connectivity index (χ4n) is 3.05. The first-order valence-electron chi connectivity index (χ1n) is 11.5. The Morgan fingerprint density at radius 3 is 2.22 bits per heavy atom. The van der Waals surface area contributed by atoms with E-state index in [4.69, 9.17) is 25.8 Å². The van der Waals surface area contributed by atoms with Gasteiger partial charge in [-0.3, -0.25) is 9.59 Å². The van der Waals surface area contributed by atoms with E-state index in [0.29, 0.717) is 46.4 Å². The molecule has 0 atom stereocenters. The molecule has 192 valence electrons. The molecule has 37 heavy (non-hydrogen) atoms. The van der Waals surface area contributed by atoms with E-state index in [9.17, 15) is 14.4 Å². The maximum atomic E-state index is 12.4. The summed E-state index contributed by atoms with van der Waals surface area (Å²) < 4.78 is 16.4. The van der Waals surface area contributed by atoms with E-state index >= 15 is 0 Å². The van der Waals surface area contributed by atoms with Gasteiger partial charge in [-0.25, -0.2) is 10.2 Å². The largest absolute Gasteiger partial charge is 0.494 e. The predicted molar refractivity (Wildman–Crippen MR) is 140 cm³/mol. The average molecular weight is 524 g/mol. The highest BCUT2D eigenvalue weighted by Crippen LogP contribution is 2.29. The maximum Gasteiger partial charge on any atom is 0.343 e. The van der Waals surface area contributed by atoms with E-state index in [1.165, 1.54) is 6.21 Å². The molecule has 0 aliphatic carbocycles. The molecule has 3 rings (SSSR count). The molecule has 0 saturated carbocycles. The highest BCUT2D eigenvalue weighted by molar-refractivity contribution is 6.30. The Hall–Kier alpha value is -4.37. The number of amides is 2. The molecule has 0 aliphatic heterocycles. The van der Waals surface area contributed by atoms with E-state index in [0.717, 1.165) is 0 Å². The van der Waals surface area contributed by atoms with Gasteiger partial charge in [-0.1, -0.05) is 11.6 Å². The Morgan fingerprint density at radius 2 is 1.54 bits per heavy atom. The molecule has 0 unspecified atom stereocenters. The molecule has 0 saturated heterocycles. The van der Waals surface area contributed by atoms with Gasteiger partial charge in [0.1, 0.15) is 5.75 Å². The lowest BCUT2D eigenvalue weighted by Crippen LogP contribution is -2.34. The molecule has 9 nitrogen and oxygen atoms in total. The summed E-state index contributed by atoms with van der Waals surface area (Å²) in [7, 11) is 0. The van der Waals surface area contributed by atoms with Gasteiger partial charge in [0.2, 0.25) is 0 Å². The average Bonchev–Trinajstić information content (AvgIpc) is 2.90. The Morgan fingerprint density at radius 1 is 0.865 bits per heavy atom. The van der Waals surface area contributed by atoms with Gasteiger partial charge < -0.3 is 19.5 Å². The lowest BCUT2D eigenvalue weighted by atomic mass is 10.2. The molecular weight excluding hydrogens is 498 g/mol. The molecule has 10 heteroatoms.